The summed E-state index contributed by atoms with van der Waals surface area (Å²) in [5, 5.41) is 0. The number of halogens is 3. The third kappa shape index (κ3) is 5.98. The summed E-state index contributed by atoms with van der Waals surface area (Å²) in [5.74, 6) is -4.58. The van der Waals surface area contributed by atoms with Crippen molar-refractivity contribution in [3.63, 3.8) is 0 Å². The second kappa shape index (κ2) is 10.5. The van der Waals surface area contributed by atoms with Crippen LogP contribution in [0.25, 0.3) is 0 Å². The molecule has 0 aliphatic heterocycles. The first kappa shape index (κ1) is 22.2. The number of hydrogen-bond donors (Lipinski definition) is 0. The number of hydrogen-bond acceptors (Lipinski definition) is 4. The van der Waals surface area contributed by atoms with Crippen LogP contribution >= 0.6 is 0 Å². The van der Waals surface area contributed by atoms with Crippen LogP contribution < -0.4 is 9.47 Å². The highest BCUT2D eigenvalue weighted by Crippen LogP contribution is 2.27. The van der Waals surface area contributed by atoms with E-state index in [-0.39, 0.29) is 5.56 Å². The van der Waals surface area contributed by atoms with Crippen LogP contribution in [0.4, 0.5) is 13.2 Å². The zero-order valence-electron chi connectivity index (χ0n) is 16.8. The minimum absolute atomic E-state index is 0.182. The van der Waals surface area contributed by atoms with Gasteiger partial charge in [0.25, 0.3) is 0 Å². The molecule has 0 heterocycles. The third-order valence-electron chi connectivity index (χ3n) is 5.10. The van der Waals surface area contributed by atoms with Gasteiger partial charge in [-0.25, -0.2) is 18.0 Å². The van der Waals surface area contributed by atoms with Crippen LogP contribution in [0.3, 0.4) is 0 Å². The van der Waals surface area contributed by atoms with Gasteiger partial charge >= 0.3 is 5.97 Å². The molecular weight excluding hydrogens is 397 g/mol. The summed E-state index contributed by atoms with van der Waals surface area (Å²) in [4.78, 5) is 12.1. The van der Waals surface area contributed by atoms with E-state index >= 15 is 0 Å². The summed E-state index contributed by atoms with van der Waals surface area (Å²) in [5.41, 5.74) is 0.182. The Kier molecular flexibility index (Phi) is 7.74. The Morgan fingerprint density at radius 2 is 1.60 bits per heavy atom. The lowest BCUT2D eigenvalue weighted by molar-refractivity contribution is 0.0132. The first-order chi connectivity index (χ1) is 14.5. The van der Waals surface area contributed by atoms with E-state index in [2.05, 4.69) is 6.92 Å². The zero-order chi connectivity index (χ0) is 21.5. The van der Waals surface area contributed by atoms with Crippen molar-refractivity contribution in [2.24, 2.45) is 5.92 Å². The first-order valence-corrected chi connectivity index (χ1v) is 10.2. The largest absolute Gasteiger partial charge is 0.493 e. The summed E-state index contributed by atoms with van der Waals surface area (Å²) in [6, 6.07) is 7.52. The van der Waals surface area contributed by atoms with Gasteiger partial charge in [0.15, 0.2) is 17.5 Å². The van der Waals surface area contributed by atoms with Gasteiger partial charge in [0.2, 0.25) is 0 Å². The molecule has 0 spiro atoms. The molecule has 0 aromatic heterocycles. The molecule has 0 saturated heterocycles. The highest BCUT2D eigenvalue weighted by Gasteiger charge is 2.22. The molecule has 1 fully saturated rings. The maximum Gasteiger partial charge on any atom is 0.343 e. The topological polar surface area (TPSA) is 44.8 Å². The van der Waals surface area contributed by atoms with Gasteiger partial charge in [-0.1, -0.05) is 6.92 Å². The Labute approximate surface area is 173 Å². The Morgan fingerprint density at radius 3 is 2.20 bits per heavy atom. The first-order valence-electron chi connectivity index (χ1n) is 10.2. The van der Waals surface area contributed by atoms with Crippen molar-refractivity contribution in [1.82, 2.24) is 0 Å². The SMILES string of the molecule is CCCO[C@H]1CC[C@H](COc2ccc(C(=O)Oc3cc(F)c(F)c(F)c3)cc2)CC1. The molecule has 2 aromatic carbocycles. The van der Waals surface area contributed by atoms with Crippen molar-refractivity contribution in [1.29, 1.82) is 0 Å². The second-order valence-corrected chi connectivity index (χ2v) is 7.44. The van der Waals surface area contributed by atoms with E-state index < -0.39 is 29.2 Å². The van der Waals surface area contributed by atoms with Crippen molar-refractivity contribution in [2.45, 2.75) is 45.1 Å². The lowest BCUT2D eigenvalue weighted by atomic mass is 9.88. The van der Waals surface area contributed by atoms with Crippen molar-refractivity contribution >= 4 is 5.97 Å². The molecule has 0 atom stereocenters. The lowest BCUT2D eigenvalue weighted by Crippen LogP contribution is -2.25. The molecule has 0 bridgehead atoms. The molecule has 1 saturated carbocycles. The predicted octanol–water partition coefficient (Wildman–Crippen LogP) is 5.69. The number of ether oxygens (including phenoxy) is 3. The summed E-state index contributed by atoms with van der Waals surface area (Å²) in [7, 11) is 0. The highest BCUT2D eigenvalue weighted by molar-refractivity contribution is 5.91. The average Bonchev–Trinajstić information content (AvgIpc) is 2.75. The fraction of sp³-hybridized carbons (Fsp3) is 0.435. The van der Waals surface area contributed by atoms with E-state index in [1.807, 2.05) is 0 Å². The van der Waals surface area contributed by atoms with Crippen LogP contribution in [0.2, 0.25) is 0 Å². The van der Waals surface area contributed by atoms with Crippen LogP contribution in [0, 0.1) is 23.4 Å². The summed E-state index contributed by atoms with van der Waals surface area (Å²) >= 11 is 0. The maximum atomic E-state index is 13.2. The predicted molar refractivity (Wildman–Crippen MR) is 105 cm³/mol. The smallest absolute Gasteiger partial charge is 0.343 e. The van der Waals surface area contributed by atoms with E-state index in [1.165, 1.54) is 12.1 Å². The minimum Gasteiger partial charge on any atom is -0.493 e. The molecule has 0 radical (unpaired) electrons. The van der Waals surface area contributed by atoms with Gasteiger partial charge in [0.1, 0.15) is 11.5 Å². The van der Waals surface area contributed by atoms with Gasteiger partial charge in [0, 0.05) is 18.7 Å². The Balaban J connectivity index is 1.47. The molecule has 162 valence electrons. The quantitative estimate of drug-likeness (QED) is 0.312. The summed E-state index contributed by atoms with van der Waals surface area (Å²) in [6.45, 7) is 3.51. The second-order valence-electron chi connectivity index (χ2n) is 7.44. The van der Waals surface area contributed by atoms with Gasteiger partial charge < -0.3 is 14.2 Å². The average molecular weight is 422 g/mol. The molecule has 0 N–H and O–H groups in total. The fourth-order valence-corrected chi connectivity index (χ4v) is 3.41. The van der Waals surface area contributed by atoms with Crippen molar-refractivity contribution < 1.29 is 32.2 Å². The van der Waals surface area contributed by atoms with E-state index in [0.717, 1.165) is 38.7 Å². The van der Waals surface area contributed by atoms with Gasteiger partial charge in [-0.05, 0) is 62.3 Å². The molecule has 1 aliphatic rings. The summed E-state index contributed by atoms with van der Waals surface area (Å²) < 4.78 is 56.0. The molecule has 0 amide bonds. The molecule has 1 aliphatic carbocycles. The van der Waals surface area contributed by atoms with E-state index in [1.54, 1.807) is 12.1 Å². The maximum absolute atomic E-state index is 13.2. The molecule has 30 heavy (non-hydrogen) atoms. The number of benzene rings is 2. The zero-order valence-corrected chi connectivity index (χ0v) is 16.8. The Hall–Kier alpha value is -2.54. The standard InChI is InChI=1S/C23H25F3O4/c1-2-11-28-17-7-3-15(4-8-17)14-29-18-9-5-16(6-10-18)23(27)30-19-12-20(24)22(26)21(25)13-19/h5-6,9-10,12-13,15,17H,2-4,7-8,11,14H2,1H3/t15-,17-. The number of carbonyl (C=O) groups is 1. The Morgan fingerprint density at radius 1 is 0.967 bits per heavy atom. The van der Waals surface area contributed by atoms with Crippen LogP contribution in [0.1, 0.15) is 49.4 Å². The monoisotopic (exact) mass is 422 g/mol. The van der Waals surface area contributed by atoms with Crippen molar-refractivity contribution in [2.75, 3.05) is 13.2 Å². The van der Waals surface area contributed by atoms with Crippen molar-refractivity contribution in [3.8, 4) is 11.5 Å². The molecule has 3 rings (SSSR count). The number of rotatable bonds is 8. The third-order valence-corrected chi connectivity index (χ3v) is 5.10. The van der Waals surface area contributed by atoms with Crippen LogP contribution in [-0.4, -0.2) is 25.3 Å². The van der Waals surface area contributed by atoms with Crippen LogP contribution in [0.5, 0.6) is 11.5 Å². The minimum atomic E-state index is -1.61. The lowest BCUT2D eigenvalue weighted by Gasteiger charge is -2.28. The van der Waals surface area contributed by atoms with Crippen LogP contribution in [-0.2, 0) is 4.74 Å². The van der Waals surface area contributed by atoms with Gasteiger partial charge in [-0.3, -0.25) is 0 Å². The highest BCUT2D eigenvalue weighted by atomic mass is 19.2. The normalized spacial score (nSPS) is 18.8. The van der Waals surface area contributed by atoms with E-state index in [9.17, 15) is 18.0 Å². The number of carbonyl (C=O) groups excluding carboxylic acids is 1. The number of esters is 1. The molecular formula is C23H25F3O4. The van der Waals surface area contributed by atoms with Gasteiger partial charge in [-0.15, -0.1) is 0 Å². The van der Waals surface area contributed by atoms with Gasteiger partial charge in [0.05, 0.1) is 18.3 Å². The molecule has 2 aromatic rings. The van der Waals surface area contributed by atoms with Crippen LogP contribution in [0.15, 0.2) is 36.4 Å². The van der Waals surface area contributed by atoms with E-state index in [0.29, 0.717) is 36.5 Å². The van der Waals surface area contributed by atoms with E-state index in [4.69, 9.17) is 14.2 Å². The fourth-order valence-electron chi connectivity index (χ4n) is 3.41. The Bertz CT molecular complexity index is 823. The van der Waals surface area contributed by atoms with Gasteiger partial charge in [-0.2, -0.15) is 0 Å². The van der Waals surface area contributed by atoms with Crippen molar-refractivity contribution in [3.05, 3.63) is 59.4 Å². The summed E-state index contributed by atoms with van der Waals surface area (Å²) in [6.07, 6.45) is 5.60. The molecule has 0 unspecified atom stereocenters. The molecule has 7 heteroatoms. The molecule has 4 nitrogen and oxygen atoms in total.